The molecule has 0 saturated carbocycles. The number of sulfonamides is 1. The number of hydrogen-bond acceptors (Lipinski definition) is 4. The van der Waals surface area contributed by atoms with Crippen molar-refractivity contribution in [2.24, 2.45) is 5.73 Å². The SMILES string of the molecule is COc1ccccc1CNS(=O)(=O)c1c[nH]c(CN)c1. The maximum Gasteiger partial charge on any atom is 0.242 e. The average Bonchev–Trinajstić information content (AvgIpc) is 2.95. The Labute approximate surface area is 118 Å². The first-order valence-corrected chi connectivity index (χ1v) is 7.54. The Bertz CT molecular complexity index is 680. The van der Waals surface area contributed by atoms with Gasteiger partial charge in [-0.1, -0.05) is 18.2 Å². The molecule has 0 bridgehead atoms. The van der Waals surface area contributed by atoms with E-state index in [0.29, 0.717) is 11.4 Å². The van der Waals surface area contributed by atoms with Gasteiger partial charge in [0.25, 0.3) is 0 Å². The van der Waals surface area contributed by atoms with Crippen molar-refractivity contribution in [2.75, 3.05) is 7.11 Å². The summed E-state index contributed by atoms with van der Waals surface area (Å²) in [4.78, 5) is 2.99. The summed E-state index contributed by atoms with van der Waals surface area (Å²) in [7, 11) is -2.02. The van der Waals surface area contributed by atoms with Gasteiger partial charge < -0.3 is 15.5 Å². The van der Waals surface area contributed by atoms with E-state index in [4.69, 9.17) is 10.5 Å². The van der Waals surface area contributed by atoms with E-state index in [1.807, 2.05) is 18.2 Å². The lowest BCUT2D eigenvalue weighted by atomic mass is 10.2. The van der Waals surface area contributed by atoms with Crippen molar-refractivity contribution >= 4 is 10.0 Å². The van der Waals surface area contributed by atoms with Crippen LogP contribution in [0.25, 0.3) is 0 Å². The molecule has 0 atom stereocenters. The van der Waals surface area contributed by atoms with Crippen LogP contribution < -0.4 is 15.2 Å². The van der Waals surface area contributed by atoms with Crippen molar-refractivity contribution in [3.63, 3.8) is 0 Å². The minimum Gasteiger partial charge on any atom is -0.496 e. The Hall–Kier alpha value is -1.83. The summed E-state index contributed by atoms with van der Waals surface area (Å²) < 4.78 is 32.0. The van der Waals surface area contributed by atoms with Gasteiger partial charge in [0.05, 0.1) is 12.0 Å². The molecule has 0 radical (unpaired) electrons. The number of rotatable bonds is 6. The monoisotopic (exact) mass is 295 g/mol. The summed E-state index contributed by atoms with van der Waals surface area (Å²) in [6, 6.07) is 8.77. The number of nitrogens with one attached hydrogen (secondary N) is 2. The molecule has 1 heterocycles. The first kappa shape index (κ1) is 14.6. The number of hydrogen-bond donors (Lipinski definition) is 3. The highest BCUT2D eigenvalue weighted by molar-refractivity contribution is 7.89. The maximum absolute atomic E-state index is 12.1. The molecule has 0 aliphatic heterocycles. The van der Waals surface area contributed by atoms with Gasteiger partial charge in [0.15, 0.2) is 0 Å². The van der Waals surface area contributed by atoms with Gasteiger partial charge in [0, 0.05) is 30.5 Å². The van der Waals surface area contributed by atoms with Crippen molar-refractivity contribution in [3.05, 3.63) is 47.8 Å². The lowest BCUT2D eigenvalue weighted by Gasteiger charge is -2.09. The van der Waals surface area contributed by atoms with Crippen molar-refractivity contribution in [2.45, 2.75) is 18.0 Å². The van der Waals surface area contributed by atoms with Crippen molar-refractivity contribution in [1.29, 1.82) is 0 Å². The van der Waals surface area contributed by atoms with Gasteiger partial charge in [-0.3, -0.25) is 0 Å². The van der Waals surface area contributed by atoms with Crippen LogP contribution >= 0.6 is 0 Å². The minimum atomic E-state index is -3.57. The number of H-pyrrole nitrogens is 1. The molecule has 1 aromatic carbocycles. The smallest absolute Gasteiger partial charge is 0.242 e. The van der Waals surface area contributed by atoms with Crippen LogP contribution in [0.1, 0.15) is 11.3 Å². The van der Waals surface area contributed by atoms with Gasteiger partial charge in [0.2, 0.25) is 10.0 Å². The summed E-state index contributed by atoms with van der Waals surface area (Å²) in [5.74, 6) is 0.645. The van der Waals surface area contributed by atoms with Crippen molar-refractivity contribution < 1.29 is 13.2 Å². The highest BCUT2D eigenvalue weighted by Crippen LogP contribution is 2.18. The quantitative estimate of drug-likeness (QED) is 0.739. The average molecular weight is 295 g/mol. The summed E-state index contributed by atoms with van der Waals surface area (Å²) in [6.45, 7) is 0.428. The zero-order valence-corrected chi connectivity index (χ0v) is 11.9. The van der Waals surface area contributed by atoms with E-state index in [1.165, 1.54) is 12.3 Å². The predicted octanol–water partition coefficient (Wildman–Crippen LogP) is 0.961. The van der Waals surface area contributed by atoms with E-state index in [1.54, 1.807) is 13.2 Å². The highest BCUT2D eigenvalue weighted by Gasteiger charge is 2.16. The molecule has 20 heavy (non-hydrogen) atoms. The van der Waals surface area contributed by atoms with Crippen LogP contribution in [-0.4, -0.2) is 20.5 Å². The standard InChI is InChI=1S/C13H17N3O3S/c1-19-13-5-3-2-4-10(13)8-16-20(17,18)12-6-11(7-14)15-9-12/h2-6,9,15-16H,7-8,14H2,1H3. The fourth-order valence-electron chi connectivity index (χ4n) is 1.80. The van der Waals surface area contributed by atoms with Crippen LogP contribution in [0.5, 0.6) is 5.75 Å². The van der Waals surface area contributed by atoms with Crippen LogP contribution in [0.15, 0.2) is 41.4 Å². The van der Waals surface area contributed by atoms with Gasteiger partial charge >= 0.3 is 0 Å². The molecule has 0 fully saturated rings. The van der Waals surface area contributed by atoms with E-state index in [0.717, 1.165) is 5.56 Å². The molecule has 0 unspecified atom stereocenters. The molecule has 0 saturated heterocycles. The molecule has 2 aromatic rings. The zero-order chi connectivity index (χ0) is 14.6. The van der Waals surface area contributed by atoms with Crippen molar-refractivity contribution in [1.82, 2.24) is 9.71 Å². The van der Waals surface area contributed by atoms with Gasteiger partial charge in [-0.2, -0.15) is 0 Å². The minimum absolute atomic E-state index is 0.162. The fraction of sp³-hybridized carbons (Fsp3) is 0.231. The number of aromatic nitrogens is 1. The Balaban J connectivity index is 2.13. The van der Waals surface area contributed by atoms with E-state index >= 15 is 0 Å². The summed E-state index contributed by atoms with van der Waals surface area (Å²) in [6.07, 6.45) is 1.42. The number of ether oxygens (including phenoxy) is 1. The molecule has 108 valence electrons. The Morgan fingerprint density at radius 3 is 2.75 bits per heavy atom. The topological polar surface area (TPSA) is 97.2 Å². The first-order valence-electron chi connectivity index (χ1n) is 6.05. The van der Waals surface area contributed by atoms with Gasteiger partial charge in [-0.25, -0.2) is 13.1 Å². The van der Waals surface area contributed by atoms with E-state index in [2.05, 4.69) is 9.71 Å². The third-order valence-electron chi connectivity index (χ3n) is 2.89. The number of methoxy groups -OCH3 is 1. The number of para-hydroxylation sites is 1. The van der Waals surface area contributed by atoms with Crippen LogP contribution in [0.4, 0.5) is 0 Å². The molecular formula is C13H17N3O3S. The number of aromatic amines is 1. The van der Waals surface area contributed by atoms with Crippen LogP contribution in [0, 0.1) is 0 Å². The molecule has 0 amide bonds. The number of benzene rings is 1. The summed E-state index contributed by atoms with van der Waals surface area (Å²) in [5, 5.41) is 0. The lowest BCUT2D eigenvalue weighted by molar-refractivity contribution is 0.409. The first-order chi connectivity index (χ1) is 9.56. The summed E-state index contributed by atoms with van der Waals surface area (Å²) in [5.41, 5.74) is 6.89. The Kier molecular flexibility index (Phi) is 4.43. The zero-order valence-electron chi connectivity index (χ0n) is 11.1. The van der Waals surface area contributed by atoms with Gasteiger partial charge in [0.1, 0.15) is 5.75 Å². The second-order valence-electron chi connectivity index (χ2n) is 4.20. The lowest BCUT2D eigenvalue weighted by Crippen LogP contribution is -2.23. The van der Waals surface area contributed by atoms with Gasteiger partial charge in [-0.15, -0.1) is 0 Å². The fourth-order valence-corrected chi connectivity index (χ4v) is 2.82. The normalized spacial score (nSPS) is 11.5. The van der Waals surface area contributed by atoms with E-state index < -0.39 is 10.0 Å². The predicted molar refractivity (Wildman–Crippen MR) is 75.7 cm³/mol. The largest absolute Gasteiger partial charge is 0.496 e. The molecule has 6 nitrogen and oxygen atoms in total. The van der Waals surface area contributed by atoms with E-state index in [-0.39, 0.29) is 18.0 Å². The number of nitrogens with two attached hydrogens (primary N) is 1. The van der Waals surface area contributed by atoms with Crippen LogP contribution in [0.2, 0.25) is 0 Å². The second-order valence-corrected chi connectivity index (χ2v) is 5.97. The Morgan fingerprint density at radius 1 is 1.35 bits per heavy atom. The molecule has 1 aromatic heterocycles. The Morgan fingerprint density at radius 2 is 2.10 bits per heavy atom. The third-order valence-corrected chi connectivity index (χ3v) is 4.27. The van der Waals surface area contributed by atoms with E-state index in [9.17, 15) is 8.42 Å². The molecule has 7 heteroatoms. The summed E-state index contributed by atoms with van der Waals surface area (Å²) >= 11 is 0. The molecular weight excluding hydrogens is 278 g/mol. The maximum atomic E-state index is 12.1. The third kappa shape index (κ3) is 3.19. The van der Waals surface area contributed by atoms with Gasteiger partial charge in [-0.05, 0) is 12.1 Å². The molecule has 2 rings (SSSR count). The molecule has 0 aliphatic carbocycles. The van der Waals surface area contributed by atoms with Crippen LogP contribution in [-0.2, 0) is 23.1 Å². The highest BCUT2D eigenvalue weighted by atomic mass is 32.2. The molecule has 0 spiro atoms. The van der Waals surface area contributed by atoms with Crippen LogP contribution in [0.3, 0.4) is 0 Å². The van der Waals surface area contributed by atoms with Crippen molar-refractivity contribution in [3.8, 4) is 5.75 Å². The molecule has 4 N–H and O–H groups in total. The molecule has 0 aliphatic rings. The second kappa shape index (κ2) is 6.08.